The third kappa shape index (κ3) is 16.7. The van der Waals surface area contributed by atoms with Crippen molar-refractivity contribution >= 4 is 103 Å². The number of halogens is 3. The SMILES string of the molecule is CCCCCCCCCCCCCCCCCCOC(=O)OC(C)OC(=O)c1c(I)c(NC(C)=O)c(I)c(N(C)C(C)=O)c1I. The molecule has 1 aromatic rings. The van der Waals surface area contributed by atoms with Crippen LogP contribution in [-0.2, 0) is 23.8 Å². The lowest BCUT2D eigenvalue weighted by atomic mass is 10.0. The van der Waals surface area contributed by atoms with E-state index < -0.39 is 18.4 Å². The number of carbonyl (C=O) groups is 4. The van der Waals surface area contributed by atoms with E-state index in [1.165, 1.54) is 109 Å². The number of ether oxygens (including phenoxy) is 3. The maximum atomic E-state index is 13.2. The van der Waals surface area contributed by atoms with Gasteiger partial charge < -0.3 is 24.4 Å². The van der Waals surface area contributed by atoms with Gasteiger partial charge in [0.2, 0.25) is 18.1 Å². The van der Waals surface area contributed by atoms with Gasteiger partial charge in [-0.3, -0.25) is 9.59 Å². The van der Waals surface area contributed by atoms with E-state index in [1.54, 1.807) is 7.05 Å². The topological polar surface area (TPSA) is 111 Å². The van der Waals surface area contributed by atoms with Crippen molar-refractivity contribution in [1.82, 2.24) is 0 Å². The van der Waals surface area contributed by atoms with Crippen molar-refractivity contribution in [2.24, 2.45) is 0 Å². The summed E-state index contributed by atoms with van der Waals surface area (Å²) in [6, 6.07) is 0. The summed E-state index contributed by atoms with van der Waals surface area (Å²) in [6.07, 6.45) is 18.1. The summed E-state index contributed by atoms with van der Waals surface area (Å²) in [7, 11) is 1.59. The van der Waals surface area contributed by atoms with E-state index in [0.29, 0.717) is 22.1 Å². The summed E-state index contributed by atoms with van der Waals surface area (Å²) in [5.74, 6) is -1.33. The highest BCUT2D eigenvalue weighted by molar-refractivity contribution is 14.1. The van der Waals surface area contributed by atoms with Gasteiger partial charge in [-0.05, 0) is 74.2 Å². The lowest BCUT2D eigenvalue weighted by Gasteiger charge is -2.24. The van der Waals surface area contributed by atoms with E-state index in [9.17, 15) is 19.2 Å². The minimum absolute atomic E-state index is 0.153. The van der Waals surface area contributed by atoms with Crippen molar-refractivity contribution in [1.29, 1.82) is 0 Å². The smallest absolute Gasteiger partial charge is 0.434 e. The van der Waals surface area contributed by atoms with Gasteiger partial charge in [0.05, 0.1) is 34.3 Å². The van der Waals surface area contributed by atoms with Crippen molar-refractivity contribution in [3.8, 4) is 0 Å². The number of hydrogen-bond donors (Lipinski definition) is 1. The first-order chi connectivity index (χ1) is 21.4. The van der Waals surface area contributed by atoms with Crippen LogP contribution in [0.2, 0.25) is 0 Å². The van der Waals surface area contributed by atoms with Crippen molar-refractivity contribution < 1.29 is 33.4 Å². The average molecular weight is 968 g/mol. The van der Waals surface area contributed by atoms with Crippen LogP contribution in [0, 0.1) is 10.7 Å². The van der Waals surface area contributed by atoms with Crippen molar-refractivity contribution in [2.45, 2.75) is 137 Å². The first kappa shape index (κ1) is 42.1. The molecule has 0 heterocycles. The van der Waals surface area contributed by atoms with Crippen LogP contribution in [0.1, 0.15) is 141 Å². The third-order valence-electron chi connectivity index (χ3n) is 7.36. The van der Waals surface area contributed by atoms with E-state index >= 15 is 0 Å². The zero-order valence-corrected chi connectivity index (χ0v) is 34.0. The molecule has 1 atom stereocenters. The van der Waals surface area contributed by atoms with Gasteiger partial charge in [-0.1, -0.05) is 103 Å². The molecule has 1 N–H and O–H groups in total. The first-order valence-electron chi connectivity index (χ1n) is 16.2. The Balaban J connectivity index is 2.38. The number of anilines is 2. The Morgan fingerprint density at radius 1 is 0.711 bits per heavy atom. The highest BCUT2D eigenvalue weighted by atomic mass is 127. The van der Waals surface area contributed by atoms with E-state index in [2.05, 4.69) is 12.2 Å². The van der Waals surface area contributed by atoms with Crippen LogP contribution in [0.4, 0.5) is 16.2 Å². The predicted molar refractivity (Wildman–Crippen MR) is 205 cm³/mol. The lowest BCUT2D eigenvalue weighted by molar-refractivity contribution is -0.116. The second kappa shape index (κ2) is 24.3. The largest absolute Gasteiger partial charge is 0.511 e. The summed E-state index contributed by atoms with van der Waals surface area (Å²) in [6.45, 7) is 6.69. The maximum absolute atomic E-state index is 13.2. The average Bonchev–Trinajstić information content (AvgIpc) is 2.96. The van der Waals surface area contributed by atoms with Crippen LogP contribution in [0.15, 0.2) is 0 Å². The molecule has 45 heavy (non-hydrogen) atoms. The van der Waals surface area contributed by atoms with E-state index in [1.807, 2.05) is 67.8 Å². The van der Waals surface area contributed by atoms with E-state index in [0.717, 1.165) is 19.3 Å². The molecular weight excluding hydrogens is 917 g/mol. The monoisotopic (exact) mass is 968 g/mol. The van der Waals surface area contributed by atoms with Gasteiger partial charge in [-0.25, -0.2) is 9.59 Å². The molecule has 1 unspecified atom stereocenters. The molecule has 0 aromatic heterocycles. The molecule has 0 radical (unpaired) electrons. The number of rotatable bonds is 22. The molecule has 12 heteroatoms. The van der Waals surface area contributed by atoms with Gasteiger partial charge in [-0.15, -0.1) is 0 Å². The van der Waals surface area contributed by atoms with Crippen LogP contribution in [0.5, 0.6) is 0 Å². The van der Waals surface area contributed by atoms with Crippen LogP contribution >= 0.6 is 67.8 Å². The number of nitrogens with one attached hydrogen (secondary N) is 1. The maximum Gasteiger partial charge on any atom is 0.511 e. The van der Waals surface area contributed by atoms with Crippen molar-refractivity contribution in [3.63, 3.8) is 0 Å². The standard InChI is InChI=1S/C33H51I3N2O7/c1-6-7-8-9-10-11-12-13-14-15-16-17-18-19-20-21-22-43-33(42)45-25(4)44-32(41)26-27(34)30(37-23(2)39)29(36)31(28(26)35)38(5)24(3)40/h25H,6-22H2,1-5H3,(H,37,39). The van der Waals surface area contributed by atoms with Crippen molar-refractivity contribution in [2.75, 3.05) is 23.9 Å². The number of hydrogen-bond acceptors (Lipinski definition) is 7. The summed E-state index contributed by atoms with van der Waals surface area (Å²) in [5, 5.41) is 2.74. The molecule has 0 saturated carbocycles. The molecule has 0 aliphatic heterocycles. The number of carbonyl (C=O) groups excluding carboxylic acids is 4. The second-order valence-electron chi connectivity index (χ2n) is 11.3. The molecule has 256 valence electrons. The van der Waals surface area contributed by atoms with Gasteiger partial charge in [0.15, 0.2) is 0 Å². The number of nitrogens with zero attached hydrogens (tertiary/aromatic N) is 1. The Kier molecular flexibility index (Phi) is 22.7. The minimum Gasteiger partial charge on any atom is -0.434 e. The van der Waals surface area contributed by atoms with Crippen LogP contribution in [-0.4, -0.2) is 43.9 Å². The summed E-state index contributed by atoms with van der Waals surface area (Å²) in [5.41, 5.74) is 1.01. The Morgan fingerprint density at radius 2 is 1.18 bits per heavy atom. The number of amides is 2. The van der Waals surface area contributed by atoms with Crippen molar-refractivity contribution in [3.05, 3.63) is 16.3 Å². The summed E-state index contributed by atoms with van der Waals surface area (Å²) >= 11 is 5.97. The van der Waals surface area contributed by atoms with Gasteiger partial charge in [0.25, 0.3) is 0 Å². The molecule has 0 saturated heterocycles. The van der Waals surface area contributed by atoms with Crippen LogP contribution < -0.4 is 10.2 Å². The Morgan fingerprint density at radius 3 is 1.62 bits per heavy atom. The summed E-state index contributed by atoms with van der Waals surface area (Å²) in [4.78, 5) is 50.8. The summed E-state index contributed by atoms with van der Waals surface area (Å²) < 4.78 is 17.2. The zero-order valence-electron chi connectivity index (χ0n) is 27.5. The minimum atomic E-state index is -1.21. The molecule has 0 spiro atoms. The fourth-order valence-electron chi connectivity index (χ4n) is 4.78. The molecule has 0 aliphatic rings. The molecule has 0 bridgehead atoms. The first-order valence-corrected chi connectivity index (χ1v) is 19.4. The Hall–Kier alpha value is -0.910. The van der Waals surface area contributed by atoms with Gasteiger partial charge in [-0.2, -0.15) is 0 Å². The number of unbranched alkanes of at least 4 members (excludes halogenated alkanes) is 15. The number of benzene rings is 1. The molecule has 0 aliphatic carbocycles. The highest BCUT2D eigenvalue weighted by Crippen LogP contribution is 2.41. The van der Waals surface area contributed by atoms with Gasteiger partial charge in [0.1, 0.15) is 0 Å². The van der Waals surface area contributed by atoms with Gasteiger partial charge >= 0.3 is 12.1 Å². The molecule has 9 nitrogen and oxygen atoms in total. The fraction of sp³-hybridized carbons (Fsp3) is 0.697. The lowest BCUT2D eigenvalue weighted by Crippen LogP contribution is -2.28. The molecule has 0 fully saturated rings. The molecule has 1 rings (SSSR count). The van der Waals surface area contributed by atoms with Crippen LogP contribution in [0.3, 0.4) is 0 Å². The molecule has 2 amide bonds. The second-order valence-corrected chi connectivity index (χ2v) is 14.5. The highest BCUT2D eigenvalue weighted by Gasteiger charge is 2.30. The fourth-order valence-corrected chi connectivity index (χ4v) is 9.38. The van der Waals surface area contributed by atoms with Gasteiger partial charge in [0, 0.05) is 27.8 Å². The zero-order chi connectivity index (χ0) is 33.8. The van der Waals surface area contributed by atoms with Crippen LogP contribution in [0.25, 0.3) is 0 Å². The number of esters is 1. The van der Waals surface area contributed by atoms with E-state index in [-0.39, 0.29) is 24.0 Å². The predicted octanol–water partition coefficient (Wildman–Crippen LogP) is 10.4. The van der Waals surface area contributed by atoms with E-state index in [4.69, 9.17) is 14.2 Å². The normalized spacial score (nSPS) is 11.6. The molecule has 1 aromatic carbocycles. The Bertz CT molecular complexity index is 1100. The quantitative estimate of drug-likeness (QED) is 0.0533. The third-order valence-corrected chi connectivity index (χ3v) is 10.5. The Labute approximate surface area is 310 Å². The molecular formula is C33H51I3N2O7.